The third kappa shape index (κ3) is 2.95. The molecular weight excluding hydrogens is 324 g/mol. The molecule has 6 heteroatoms. The Balaban J connectivity index is 1.52. The van der Waals surface area contributed by atoms with Crippen LogP contribution in [0.5, 0.6) is 0 Å². The Labute approximate surface area is 146 Å². The van der Waals surface area contributed by atoms with Gasteiger partial charge in [0.2, 0.25) is 0 Å². The molecule has 0 unspecified atom stereocenters. The van der Waals surface area contributed by atoms with Crippen molar-refractivity contribution in [1.29, 1.82) is 0 Å². The summed E-state index contributed by atoms with van der Waals surface area (Å²) in [7, 11) is 0. The third-order valence-electron chi connectivity index (χ3n) is 4.75. The standard InChI is InChI=1S/C17H22N4S2/c1-2-13-5-6-14-15(11-13)23-16(18-14)21-10-9-20(17(21)22)12-19-7-3-4-8-19/h5-6,11H,2-4,7-10,12H2,1H3. The van der Waals surface area contributed by atoms with E-state index >= 15 is 0 Å². The highest BCUT2D eigenvalue weighted by Crippen LogP contribution is 2.31. The van der Waals surface area contributed by atoms with E-state index in [0.717, 1.165) is 41.9 Å². The molecule has 0 spiro atoms. The number of thiazole rings is 1. The molecule has 1 aromatic carbocycles. The number of fused-ring (bicyclic) bond motifs is 1. The molecule has 1 aromatic heterocycles. The van der Waals surface area contributed by atoms with Crippen LogP contribution in [0.1, 0.15) is 25.3 Å². The predicted octanol–water partition coefficient (Wildman–Crippen LogP) is 3.32. The molecule has 3 heterocycles. The van der Waals surface area contributed by atoms with E-state index in [2.05, 4.69) is 39.8 Å². The monoisotopic (exact) mass is 346 g/mol. The van der Waals surface area contributed by atoms with E-state index in [-0.39, 0.29) is 0 Å². The van der Waals surface area contributed by atoms with Gasteiger partial charge < -0.3 is 4.90 Å². The fourth-order valence-corrected chi connectivity index (χ4v) is 4.79. The van der Waals surface area contributed by atoms with Gasteiger partial charge in [0.15, 0.2) is 10.2 Å². The molecule has 0 N–H and O–H groups in total. The van der Waals surface area contributed by atoms with E-state index in [1.807, 2.05) is 0 Å². The molecule has 0 aliphatic carbocycles. The summed E-state index contributed by atoms with van der Waals surface area (Å²) in [6, 6.07) is 6.57. The van der Waals surface area contributed by atoms with Crippen LogP contribution in [0, 0.1) is 0 Å². The maximum absolute atomic E-state index is 5.72. The first-order valence-corrected chi connectivity index (χ1v) is 9.65. The van der Waals surface area contributed by atoms with Crippen molar-refractivity contribution in [3.05, 3.63) is 23.8 Å². The first-order valence-electron chi connectivity index (χ1n) is 8.43. The van der Waals surface area contributed by atoms with Crippen LogP contribution in [-0.4, -0.2) is 52.7 Å². The van der Waals surface area contributed by atoms with Crippen LogP contribution >= 0.6 is 23.6 Å². The Kier molecular flexibility index (Phi) is 4.22. The van der Waals surface area contributed by atoms with Gasteiger partial charge in [0.25, 0.3) is 0 Å². The molecule has 0 saturated carbocycles. The summed E-state index contributed by atoms with van der Waals surface area (Å²) in [5, 5.41) is 1.98. The second-order valence-electron chi connectivity index (χ2n) is 6.32. The average Bonchev–Trinajstić information content (AvgIpc) is 3.28. The van der Waals surface area contributed by atoms with Gasteiger partial charge in [-0.2, -0.15) is 0 Å². The first kappa shape index (κ1) is 15.3. The molecule has 0 bridgehead atoms. The lowest BCUT2D eigenvalue weighted by molar-refractivity contribution is 0.236. The van der Waals surface area contributed by atoms with Gasteiger partial charge in [0.1, 0.15) is 0 Å². The van der Waals surface area contributed by atoms with Crippen LogP contribution in [-0.2, 0) is 6.42 Å². The van der Waals surface area contributed by atoms with E-state index < -0.39 is 0 Å². The molecule has 2 fully saturated rings. The lowest BCUT2D eigenvalue weighted by Crippen LogP contribution is -2.39. The molecule has 2 aliphatic heterocycles. The second-order valence-corrected chi connectivity index (χ2v) is 7.69. The Hall–Kier alpha value is -1.24. The van der Waals surface area contributed by atoms with Crippen molar-refractivity contribution in [2.75, 3.05) is 37.7 Å². The molecule has 122 valence electrons. The number of benzene rings is 1. The van der Waals surface area contributed by atoms with Crippen LogP contribution in [0.3, 0.4) is 0 Å². The van der Waals surface area contributed by atoms with Crippen molar-refractivity contribution in [3.8, 4) is 0 Å². The van der Waals surface area contributed by atoms with Crippen LogP contribution in [0.15, 0.2) is 18.2 Å². The fraction of sp³-hybridized carbons (Fsp3) is 0.529. The minimum absolute atomic E-state index is 0.937. The van der Waals surface area contributed by atoms with Crippen molar-refractivity contribution in [1.82, 2.24) is 14.8 Å². The van der Waals surface area contributed by atoms with E-state index in [4.69, 9.17) is 17.2 Å². The SMILES string of the molecule is CCc1ccc2nc(N3CCN(CN4CCCC4)C3=S)sc2c1. The van der Waals surface area contributed by atoms with Crippen LogP contribution in [0.4, 0.5) is 5.13 Å². The first-order chi connectivity index (χ1) is 11.2. The number of likely N-dealkylation sites (tertiary alicyclic amines) is 1. The third-order valence-corrected chi connectivity index (χ3v) is 6.26. The molecule has 2 aromatic rings. The van der Waals surface area contributed by atoms with Crippen LogP contribution in [0.25, 0.3) is 10.2 Å². The van der Waals surface area contributed by atoms with Gasteiger partial charge in [-0.05, 0) is 62.3 Å². The number of rotatable bonds is 4. The molecule has 23 heavy (non-hydrogen) atoms. The van der Waals surface area contributed by atoms with Crippen molar-refractivity contribution in [3.63, 3.8) is 0 Å². The molecule has 2 saturated heterocycles. The van der Waals surface area contributed by atoms with Crippen molar-refractivity contribution in [2.24, 2.45) is 0 Å². The lowest BCUT2D eigenvalue weighted by Gasteiger charge is -2.25. The maximum atomic E-state index is 5.72. The van der Waals surface area contributed by atoms with Gasteiger partial charge in [0.05, 0.1) is 16.9 Å². The number of hydrogen-bond acceptors (Lipinski definition) is 4. The number of aromatic nitrogens is 1. The Morgan fingerprint density at radius 3 is 2.78 bits per heavy atom. The zero-order valence-corrected chi connectivity index (χ0v) is 15.1. The van der Waals surface area contributed by atoms with Crippen LogP contribution in [0.2, 0.25) is 0 Å². The highest BCUT2D eigenvalue weighted by molar-refractivity contribution is 7.80. The van der Waals surface area contributed by atoms with Gasteiger partial charge in [-0.1, -0.05) is 24.3 Å². The molecule has 2 aliphatic rings. The number of aryl methyl sites for hydroxylation is 1. The van der Waals surface area contributed by atoms with Crippen molar-refractivity contribution >= 4 is 44.0 Å². The second kappa shape index (κ2) is 6.34. The number of thiocarbonyl (C=S) groups is 1. The molecule has 0 radical (unpaired) electrons. The topological polar surface area (TPSA) is 22.6 Å². The summed E-state index contributed by atoms with van der Waals surface area (Å²) in [6.45, 7) is 7.54. The quantitative estimate of drug-likeness (QED) is 0.790. The number of anilines is 1. The zero-order chi connectivity index (χ0) is 15.8. The largest absolute Gasteiger partial charge is 0.334 e. The van der Waals surface area contributed by atoms with E-state index in [9.17, 15) is 0 Å². The summed E-state index contributed by atoms with van der Waals surface area (Å²) in [5.41, 5.74) is 2.45. The minimum atomic E-state index is 0.937. The molecule has 4 rings (SSSR count). The molecule has 0 amide bonds. The highest BCUT2D eigenvalue weighted by Gasteiger charge is 2.29. The molecule has 4 nitrogen and oxygen atoms in total. The summed E-state index contributed by atoms with van der Waals surface area (Å²) in [6.07, 6.45) is 3.71. The van der Waals surface area contributed by atoms with Gasteiger partial charge in [-0.3, -0.25) is 9.80 Å². The summed E-state index contributed by atoms with van der Waals surface area (Å²) in [5.74, 6) is 0. The molecule has 0 atom stereocenters. The van der Waals surface area contributed by atoms with E-state index in [1.165, 1.54) is 36.2 Å². The van der Waals surface area contributed by atoms with Crippen molar-refractivity contribution in [2.45, 2.75) is 26.2 Å². The Bertz CT molecular complexity index is 720. The van der Waals surface area contributed by atoms with E-state index in [1.54, 1.807) is 11.3 Å². The Morgan fingerprint density at radius 2 is 2.00 bits per heavy atom. The minimum Gasteiger partial charge on any atom is -0.334 e. The van der Waals surface area contributed by atoms with E-state index in [0.29, 0.717) is 0 Å². The predicted molar refractivity (Wildman–Crippen MR) is 101 cm³/mol. The van der Waals surface area contributed by atoms with Crippen LogP contribution < -0.4 is 4.90 Å². The van der Waals surface area contributed by atoms with Crippen molar-refractivity contribution < 1.29 is 0 Å². The van der Waals surface area contributed by atoms with Gasteiger partial charge in [0, 0.05) is 13.1 Å². The summed E-state index contributed by atoms with van der Waals surface area (Å²) in [4.78, 5) is 11.8. The maximum Gasteiger partial charge on any atom is 0.192 e. The lowest BCUT2D eigenvalue weighted by atomic mass is 10.2. The zero-order valence-electron chi connectivity index (χ0n) is 13.5. The van der Waals surface area contributed by atoms with Gasteiger partial charge in [-0.15, -0.1) is 0 Å². The summed E-state index contributed by atoms with van der Waals surface area (Å²) >= 11 is 7.48. The normalized spacial score (nSPS) is 19.4. The fourth-order valence-electron chi connectivity index (χ4n) is 3.35. The van der Waals surface area contributed by atoms with Gasteiger partial charge in [-0.25, -0.2) is 4.98 Å². The number of nitrogens with zero attached hydrogens (tertiary/aromatic N) is 4. The average molecular weight is 347 g/mol. The molecular formula is C17H22N4S2. The Morgan fingerprint density at radius 1 is 1.17 bits per heavy atom. The smallest absolute Gasteiger partial charge is 0.192 e. The number of hydrogen-bond donors (Lipinski definition) is 0. The summed E-state index contributed by atoms with van der Waals surface area (Å²) < 4.78 is 1.26. The highest BCUT2D eigenvalue weighted by atomic mass is 32.1. The van der Waals surface area contributed by atoms with Gasteiger partial charge >= 0.3 is 0 Å².